The highest BCUT2D eigenvalue weighted by Gasteiger charge is 2.40. The quantitative estimate of drug-likeness (QED) is 0.760. The first-order chi connectivity index (χ1) is 8.39. The largest absolute Gasteiger partial charge is 0.342 e. The van der Waals surface area contributed by atoms with Crippen molar-refractivity contribution in [3.63, 3.8) is 0 Å². The van der Waals surface area contributed by atoms with E-state index in [0.29, 0.717) is 19.1 Å². The minimum Gasteiger partial charge on any atom is -0.342 e. The van der Waals surface area contributed by atoms with Gasteiger partial charge in [-0.2, -0.15) is 0 Å². The lowest BCUT2D eigenvalue weighted by molar-refractivity contribution is -0.140. The molecule has 104 valence electrons. The van der Waals surface area contributed by atoms with Crippen LogP contribution in [-0.2, 0) is 14.8 Å². The summed E-state index contributed by atoms with van der Waals surface area (Å²) < 4.78 is 23.9. The fraction of sp³-hybridized carbons (Fsp3) is 0.917. The molecule has 1 aliphatic heterocycles. The Kier molecular flexibility index (Phi) is 3.96. The van der Waals surface area contributed by atoms with Gasteiger partial charge in [0.05, 0.1) is 12.2 Å². The van der Waals surface area contributed by atoms with Crippen LogP contribution in [-0.4, -0.2) is 56.0 Å². The van der Waals surface area contributed by atoms with E-state index in [4.69, 9.17) is 0 Å². The van der Waals surface area contributed by atoms with Gasteiger partial charge in [-0.1, -0.05) is 19.3 Å². The van der Waals surface area contributed by atoms with E-state index in [1.165, 1.54) is 29.8 Å². The molecule has 2 rings (SSSR count). The van der Waals surface area contributed by atoms with Gasteiger partial charge in [-0.05, 0) is 12.8 Å². The summed E-state index contributed by atoms with van der Waals surface area (Å²) >= 11 is 0. The minimum absolute atomic E-state index is 0.113. The van der Waals surface area contributed by atoms with Crippen molar-refractivity contribution in [3.05, 3.63) is 0 Å². The minimum atomic E-state index is -3.12. The van der Waals surface area contributed by atoms with Gasteiger partial charge in [-0.3, -0.25) is 4.79 Å². The molecule has 1 saturated heterocycles. The van der Waals surface area contributed by atoms with Crippen molar-refractivity contribution in [3.8, 4) is 0 Å². The maximum atomic E-state index is 12.2. The predicted molar refractivity (Wildman–Crippen MR) is 69.5 cm³/mol. The number of hydrogen-bond acceptors (Lipinski definition) is 3. The van der Waals surface area contributed by atoms with Gasteiger partial charge >= 0.3 is 0 Å². The van der Waals surface area contributed by atoms with Crippen LogP contribution in [0.15, 0.2) is 0 Å². The lowest BCUT2D eigenvalue weighted by Gasteiger charge is -2.40. The molecule has 0 atom stereocenters. The molecular formula is C12H22N2O3S. The van der Waals surface area contributed by atoms with E-state index in [1.807, 2.05) is 11.9 Å². The van der Waals surface area contributed by atoms with Crippen molar-refractivity contribution >= 4 is 15.9 Å². The molecule has 1 amide bonds. The second-order valence-corrected chi connectivity index (χ2v) is 7.50. The number of nitrogens with zero attached hydrogens (tertiary/aromatic N) is 2. The van der Waals surface area contributed by atoms with E-state index in [0.717, 1.165) is 12.8 Å². The molecule has 0 bridgehead atoms. The first-order valence-electron chi connectivity index (χ1n) is 6.61. The molecule has 0 aromatic rings. The molecule has 1 aliphatic carbocycles. The number of amides is 1. The summed E-state index contributed by atoms with van der Waals surface area (Å²) in [6.07, 6.45) is 7.03. The van der Waals surface area contributed by atoms with Gasteiger partial charge in [-0.15, -0.1) is 0 Å². The maximum Gasteiger partial charge on any atom is 0.228 e. The maximum absolute atomic E-state index is 12.2. The third-order valence-corrected chi connectivity index (χ3v) is 5.37. The highest BCUT2D eigenvalue weighted by Crippen LogP contribution is 2.26. The number of carbonyl (C=O) groups is 1. The first-order valence-corrected chi connectivity index (χ1v) is 8.46. The third-order valence-electron chi connectivity index (χ3n) is 4.14. The van der Waals surface area contributed by atoms with Crippen LogP contribution in [0.5, 0.6) is 0 Å². The standard InChI is InChI=1S/C12H22N2O3S/c1-13(11-6-4-3-5-7-11)12(15)10-8-14(9-10)18(2,16)17/h10-11H,3-9H2,1-2H3. The number of hydrogen-bond donors (Lipinski definition) is 0. The average Bonchev–Trinajstić information content (AvgIpc) is 2.25. The van der Waals surface area contributed by atoms with E-state index in [1.54, 1.807) is 0 Å². The van der Waals surface area contributed by atoms with Crippen molar-refractivity contribution in [1.29, 1.82) is 0 Å². The molecule has 0 unspecified atom stereocenters. The zero-order chi connectivity index (χ0) is 13.3. The van der Waals surface area contributed by atoms with Gasteiger partial charge in [0.1, 0.15) is 0 Å². The van der Waals surface area contributed by atoms with Crippen LogP contribution < -0.4 is 0 Å². The van der Waals surface area contributed by atoms with Gasteiger partial charge in [0.15, 0.2) is 0 Å². The molecule has 0 spiro atoms. The number of rotatable bonds is 3. The highest BCUT2D eigenvalue weighted by atomic mass is 32.2. The van der Waals surface area contributed by atoms with Crippen molar-refractivity contribution in [1.82, 2.24) is 9.21 Å². The Hall–Kier alpha value is -0.620. The summed E-state index contributed by atoms with van der Waals surface area (Å²) in [5, 5.41) is 0. The Balaban J connectivity index is 1.85. The summed E-state index contributed by atoms with van der Waals surface area (Å²) in [6.45, 7) is 0.712. The molecule has 0 N–H and O–H groups in total. The fourth-order valence-electron chi connectivity index (χ4n) is 2.80. The third kappa shape index (κ3) is 2.85. The van der Waals surface area contributed by atoms with E-state index in [-0.39, 0.29) is 11.8 Å². The highest BCUT2D eigenvalue weighted by molar-refractivity contribution is 7.88. The zero-order valence-electron chi connectivity index (χ0n) is 11.1. The molecule has 1 heterocycles. The summed E-state index contributed by atoms with van der Waals surface area (Å²) in [5.41, 5.74) is 0. The zero-order valence-corrected chi connectivity index (χ0v) is 11.9. The van der Waals surface area contributed by atoms with Crippen LogP contribution >= 0.6 is 0 Å². The van der Waals surface area contributed by atoms with Crippen LogP contribution in [0.2, 0.25) is 0 Å². The van der Waals surface area contributed by atoms with Crippen LogP contribution in [0.4, 0.5) is 0 Å². The predicted octanol–water partition coefficient (Wildman–Crippen LogP) is 0.669. The first kappa shape index (κ1) is 13.8. The normalized spacial score (nSPS) is 23.7. The fourth-order valence-corrected chi connectivity index (χ4v) is 3.70. The van der Waals surface area contributed by atoms with Crippen molar-refractivity contribution in [2.45, 2.75) is 38.1 Å². The lowest BCUT2D eigenvalue weighted by Crippen LogP contribution is -2.56. The summed E-state index contributed by atoms with van der Waals surface area (Å²) in [6, 6.07) is 0.360. The Morgan fingerprint density at radius 2 is 1.72 bits per heavy atom. The van der Waals surface area contributed by atoms with Crippen LogP contribution in [0, 0.1) is 5.92 Å². The lowest BCUT2D eigenvalue weighted by atomic mass is 9.92. The SMILES string of the molecule is CN(C(=O)C1CN(S(C)(=O)=O)C1)C1CCCCC1. The van der Waals surface area contributed by atoms with Gasteiger partial charge < -0.3 is 4.90 Å². The van der Waals surface area contributed by atoms with E-state index in [9.17, 15) is 13.2 Å². The molecule has 1 saturated carbocycles. The Morgan fingerprint density at radius 1 is 1.17 bits per heavy atom. The summed E-state index contributed by atoms with van der Waals surface area (Å²) in [5.74, 6) is -0.0200. The Morgan fingerprint density at radius 3 is 2.22 bits per heavy atom. The van der Waals surface area contributed by atoms with Crippen molar-refractivity contribution in [2.24, 2.45) is 5.92 Å². The van der Waals surface area contributed by atoms with Crippen LogP contribution in [0.25, 0.3) is 0 Å². The molecule has 0 radical (unpaired) electrons. The monoisotopic (exact) mass is 274 g/mol. The molecule has 2 fully saturated rings. The second-order valence-electron chi connectivity index (χ2n) is 5.52. The Bertz CT molecular complexity index is 409. The average molecular weight is 274 g/mol. The summed E-state index contributed by atoms with van der Waals surface area (Å²) in [4.78, 5) is 14.1. The van der Waals surface area contributed by atoms with Gasteiger partial charge in [0.25, 0.3) is 0 Å². The summed E-state index contributed by atoms with van der Waals surface area (Å²) in [7, 11) is -1.26. The molecule has 5 nitrogen and oxygen atoms in total. The molecular weight excluding hydrogens is 252 g/mol. The molecule has 2 aliphatic rings. The molecule has 18 heavy (non-hydrogen) atoms. The smallest absolute Gasteiger partial charge is 0.228 e. The molecule has 0 aromatic heterocycles. The van der Waals surface area contributed by atoms with Crippen LogP contribution in [0.3, 0.4) is 0 Å². The van der Waals surface area contributed by atoms with Crippen molar-refractivity contribution < 1.29 is 13.2 Å². The van der Waals surface area contributed by atoms with Crippen molar-refractivity contribution in [2.75, 3.05) is 26.4 Å². The number of carbonyl (C=O) groups excluding carboxylic acids is 1. The topological polar surface area (TPSA) is 57.7 Å². The van der Waals surface area contributed by atoms with Gasteiger partial charge in [0, 0.05) is 26.2 Å². The number of sulfonamides is 1. The van der Waals surface area contributed by atoms with Crippen LogP contribution in [0.1, 0.15) is 32.1 Å². The van der Waals surface area contributed by atoms with Gasteiger partial charge in [-0.25, -0.2) is 12.7 Å². The second kappa shape index (κ2) is 5.17. The van der Waals surface area contributed by atoms with E-state index < -0.39 is 10.0 Å². The Labute approximate surface area is 109 Å². The molecule has 0 aromatic carbocycles. The van der Waals surface area contributed by atoms with E-state index in [2.05, 4.69) is 0 Å². The van der Waals surface area contributed by atoms with E-state index >= 15 is 0 Å². The molecule has 6 heteroatoms. The van der Waals surface area contributed by atoms with Gasteiger partial charge in [0.2, 0.25) is 15.9 Å².